The van der Waals surface area contributed by atoms with Gasteiger partial charge in [-0.2, -0.15) is 0 Å². The highest BCUT2D eigenvalue weighted by Gasteiger charge is 2.65. The number of halogens is 1. The van der Waals surface area contributed by atoms with E-state index in [2.05, 4.69) is 4.98 Å². The van der Waals surface area contributed by atoms with Crippen LogP contribution in [0.15, 0.2) is 54.7 Å². The molecule has 3 heterocycles. The van der Waals surface area contributed by atoms with Gasteiger partial charge in [0.15, 0.2) is 0 Å². The fourth-order valence-electron chi connectivity index (χ4n) is 7.19. The molecule has 4 unspecified atom stereocenters. The highest BCUT2D eigenvalue weighted by atomic mass is 19.1. The van der Waals surface area contributed by atoms with Crippen molar-refractivity contribution in [2.45, 2.75) is 68.9 Å². The summed E-state index contributed by atoms with van der Waals surface area (Å²) in [6.07, 6.45) is 5.67. The summed E-state index contributed by atoms with van der Waals surface area (Å²) in [5.74, 6) is -0.459. The number of aromatic nitrogens is 1. The Morgan fingerprint density at radius 3 is 2.67 bits per heavy atom. The number of rotatable bonds is 5. The topological polar surface area (TPSA) is 112 Å². The maximum absolute atomic E-state index is 14.0. The molecule has 39 heavy (non-hydrogen) atoms. The summed E-state index contributed by atoms with van der Waals surface area (Å²) < 4.78 is 19.8. The minimum absolute atomic E-state index is 0.0558. The Bertz CT molecular complexity index is 1360. The Labute approximate surface area is 226 Å². The van der Waals surface area contributed by atoms with E-state index in [1.54, 1.807) is 22.1 Å². The van der Waals surface area contributed by atoms with Crippen molar-refractivity contribution in [1.82, 2.24) is 14.8 Å². The number of likely N-dealkylation sites (tertiary alicyclic amines) is 2. The van der Waals surface area contributed by atoms with Crippen LogP contribution in [-0.2, 0) is 21.7 Å². The molecule has 2 saturated heterocycles. The lowest BCUT2D eigenvalue weighted by molar-refractivity contribution is -0.135. The smallest absolute Gasteiger partial charge is 0.411 e. The number of H-pyrrole nitrogens is 1. The molecule has 3 aromatic rings. The number of carbonyl (C=O) groups is 2. The molecule has 3 aliphatic rings. The van der Waals surface area contributed by atoms with Crippen molar-refractivity contribution in [3.05, 3.63) is 71.7 Å². The van der Waals surface area contributed by atoms with E-state index >= 15 is 0 Å². The maximum atomic E-state index is 14.0. The number of nitrogens with zero attached hydrogens (tertiary/aromatic N) is 2. The normalized spacial score (nSPS) is 26.1. The minimum Gasteiger partial charge on any atom is -0.445 e. The van der Waals surface area contributed by atoms with E-state index in [4.69, 9.17) is 10.5 Å². The monoisotopic (exact) mass is 534 g/mol. The summed E-state index contributed by atoms with van der Waals surface area (Å²) in [6.45, 7) is 0.438. The molecule has 8 nitrogen and oxygen atoms in total. The lowest BCUT2D eigenvalue weighted by Gasteiger charge is -2.40. The zero-order valence-corrected chi connectivity index (χ0v) is 21.9. The van der Waals surface area contributed by atoms with Crippen molar-refractivity contribution < 1.29 is 23.8 Å². The van der Waals surface area contributed by atoms with Crippen LogP contribution in [0.25, 0.3) is 10.9 Å². The molecule has 4 atom stereocenters. The highest BCUT2D eigenvalue weighted by Crippen LogP contribution is 2.51. The van der Waals surface area contributed by atoms with Crippen molar-refractivity contribution in [2.24, 2.45) is 11.7 Å². The number of carbonyl (C=O) groups excluding carboxylic acids is 2. The summed E-state index contributed by atoms with van der Waals surface area (Å²) in [5.41, 5.74) is 7.34. The number of nitrogens with one attached hydrogen (secondary N) is 1. The molecular formula is C30H35FN4O4. The van der Waals surface area contributed by atoms with Crippen LogP contribution in [0.5, 0.6) is 0 Å². The molecule has 206 valence electrons. The van der Waals surface area contributed by atoms with E-state index < -0.39 is 35.6 Å². The van der Waals surface area contributed by atoms with Crippen LogP contribution in [0.1, 0.15) is 49.7 Å². The molecule has 2 amide bonds. The Hall–Kier alpha value is -3.43. The van der Waals surface area contributed by atoms with E-state index in [9.17, 15) is 19.1 Å². The minimum atomic E-state index is -1.26. The third-order valence-corrected chi connectivity index (χ3v) is 9.06. The average Bonchev–Trinajstić information content (AvgIpc) is 3.64. The van der Waals surface area contributed by atoms with Gasteiger partial charge in [-0.05, 0) is 48.9 Å². The quantitative estimate of drug-likeness (QED) is 0.458. The van der Waals surface area contributed by atoms with E-state index in [1.165, 1.54) is 12.1 Å². The summed E-state index contributed by atoms with van der Waals surface area (Å²) in [4.78, 5) is 33.9. The first-order chi connectivity index (χ1) is 18.9. The number of fused-ring (bicyclic) bond motifs is 2. The van der Waals surface area contributed by atoms with Crippen LogP contribution in [0.4, 0.5) is 9.18 Å². The van der Waals surface area contributed by atoms with E-state index in [0.29, 0.717) is 29.4 Å². The van der Waals surface area contributed by atoms with Gasteiger partial charge in [-0.3, -0.25) is 9.69 Å². The van der Waals surface area contributed by atoms with Gasteiger partial charge in [0.1, 0.15) is 24.1 Å². The predicted octanol–water partition coefficient (Wildman–Crippen LogP) is 4.02. The second-order valence-electron chi connectivity index (χ2n) is 11.1. The number of hydrogen-bond donors (Lipinski definition) is 3. The molecule has 3 fully saturated rings. The zero-order valence-electron chi connectivity index (χ0n) is 21.9. The molecule has 0 bridgehead atoms. The molecule has 9 heteroatoms. The van der Waals surface area contributed by atoms with Gasteiger partial charge >= 0.3 is 6.09 Å². The number of β-amino-alcohol motifs (C(OH)–C–C–N with tert-alkyl or cyclic N) is 1. The first kappa shape index (κ1) is 25.8. The Morgan fingerprint density at radius 1 is 1.13 bits per heavy atom. The van der Waals surface area contributed by atoms with Gasteiger partial charge in [-0.1, -0.05) is 49.6 Å². The average molecular weight is 535 g/mol. The second kappa shape index (κ2) is 10.3. The van der Waals surface area contributed by atoms with Crippen molar-refractivity contribution in [3.8, 4) is 0 Å². The third-order valence-electron chi connectivity index (χ3n) is 9.06. The SMILES string of the molecule is NC(C(=O)N1CC(O)C2(c3c[nH]c4cc(F)ccc34)C1CCN2C(=O)OCc1ccccc1)C1CCCCC1. The van der Waals surface area contributed by atoms with Crippen LogP contribution < -0.4 is 5.73 Å². The Kier molecular flexibility index (Phi) is 6.81. The lowest BCUT2D eigenvalue weighted by atomic mass is 9.81. The fourth-order valence-corrected chi connectivity index (χ4v) is 7.19. The molecule has 0 spiro atoms. The third kappa shape index (κ3) is 4.28. The van der Waals surface area contributed by atoms with E-state index in [1.807, 2.05) is 30.3 Å². The van der Waals surface area contributed by atoms with Crippen molar-refractivity contribution >= 4 is 22.9 Å². The molecule has 1 saturated carbocycles. The molecule has 1 aromatic heterocycles. The molecule has 2 aromatic carbocycles. The van der Waals surface area contributed by atoms with Gasteiger partial charge in [-0.25, -0.2) is 9.18 Å². The fraction of sp³-hybridized carbons (Fsp3) is 0.467. The number of aliphatic hydroxyl groups excluding tert-OH is 1. The molecule has 4 N–H and O–H groups in total. The number of benzene rings is 2. The van der Waals surface area contributed by atoms with Gasteiger partial charge in [0.2, 0.25) is 5.91 Å². The maximum Gasteiger partial charge on any atom is 0.411 e. The second-order valence-corrected chi connectivity index (χ2v) is 11.1. The first-order valence-electron chi connectivity index (χ1n) is 13.9. The summed E-state index contributed by atoms with van der Waals surface area (Å²) >= 11 is 0. The van der Waals surface area contributed by atoms with Crippen LogP contribution in [0.3, 0.4) is 0 Å². The molecular weight excluding hydrogens is 499 g/mol. The number of ether oxygens (including phenoxy) is 1. The first-order valence-corrected chi connectivity index (χ1v) is 13.9. The number of hydrogen-bond acceptors (Lipinski definition) is 5. The zero-order chi connectivity index (χ0) is 27.1. The van der Waals surface area contributed by atoms with Crippen LogP contribution in [0, 0.1) is 11.7 Å². The summed E-state index contributed by atoms with van der Waals surface area (Å²) in [5, 5.41) is 12.5. The van der Waals surface area contributed by atoms with Crippen molar-refractivity contribution in [2.75, 3.05) is 13.1 Å². The van der Waals surface area contributed by atoms with Gasteiger partial charge in [-0.15, -0.1) is 0 Å². The van der Waals surface area contributed by atoms with Crippen LogP contribution >= 0.6 is 0 Å². The predicted molar refractivity (Wildman–Crippen MR) is 144 cm³/mol. The highest BCUT2D eigenvalue weighted by molar-refractivity contribution is 5.88. The number of aliphatic hydroxyl groups is 1. The molecule has 0 radical (unpaired) electrons. The van der Waals surface area contributed by atoms with E-state index in [0.717, 1.165) is 37.7 Å². The van der Waals surface area contributed by atoms with Crippen molar-refractivity contribution in [1.29, 1.82) is 0 Å². The number of aromatic amines is 1. The van der Waals surface area contributed by atoms with Crippen molar-refractivity contribution in [3.63, 3.8) is 0 Å². The van der Waals surface area contributed by atoms with Gasteiger partial charge in [0, 0.05) is 35.8 Å². The van der Waals surface area contributed by atoms with Gasteiger partial charge in [0.05, 0.1) is 12.1 Å². The molecule has 2 aliphatic heterocycles. The van der Waals surface area contributed by atoms with Gasteiger partial charge < -0.3 is 25.5 Å². The number of amides is 2. The van der Waals surface area contributed by atoms with Crippen LogP contribution in [-0.4, -0.2) is 63.2 Å². The summed E-state index contributed by atoms with van der Waals surface area (Å²) in [7, 11) is 0. The summed E-state index contributed by atoms with van der Waals surface area (Å²) in [6, 6.07) is 12.7. The molecule has 1 aliphatic carbocycles. The van der Waals surface area contributed by atoms with Crippen LogP contribution in [0.2, 0.25) is 0 Å². The molecule has 6 rings (SSSR count). The van der Waals surface area contributed by atoms with E-state index in [-0.39, 0.29) is 25.0 Å². The number of nitrogens with two attached hydrogens (primary N) is 1. The Balaban J connectivity index is 1.37. The lowest BCUT2D eigenvalue weighted by Crippen LogP contribution is -2.56. The largest absolute Gasteiger partial charge is 0.445 e. The van der Waals surface area contributed by atoms with Gasteiger partial charge in [0.25, 0.3) is 0 Å². The standard InChI is InChI=1S/C30H35FN4O4/c31-21-11-12-22-23(16-33-24(22)15-21)30-25(13-14-35(30)29(38)39-18-19-7-3-1-4-8-19)34(17-26(30)36)28(37)27(32)20-9-5-2-6-10-20/h1,3-4,7-8,11-12,15-16,20,25-27,33,36H,2,5-6,9-10,13-14,17-18,32H2. The Morgan fingerprint density at radius 2 is 1.90 bits per heavy atom.